The Kier molecular flexibility index (Phi) is 10.5. The predicted molar refractivity (Wildman–Crippen MR) is 160 cm³/mol. The first-order valence-electron chi connectivity index (χ1n) is 14.8. The molecule has 0 unspecified atom stereocenters. The number of nitrogens with one attached hydrogen (secondary N) is 1. The fourth-order valence-corrected chi connectivity index (χ4v) is 5.30. The Morgan fingerprint density at radius 3 is 0.737 bits per heavy atom. The van der Waals surface area contributed by atoms with Crippen LogP contribution in [0.25, 0.3) is 32.3 Å². The van der Waals surface area contributed by atoms with E-state index in [2.05, 4.69) is 4.98 Å². The Labute approximate surface area is 302 Å². The minimum atomic E-state index is -3.68. The molecule has 296 valence electrons. The molecule has 0 aliphatic carbocycles. The number of H-pyrrole nitrogens is 1. The topological polar surface area (TPSA) is 43.5 Å². The number of halogens is 18. The first-order chi connectivity index (χ1) is 26.8. The van der Waals surface area contributed by atoms with Crippen LogP contribution in [0.5, 0.6) is 17.2 Å². The normalized spacial score (nSPS) is 11.3. The lowest BCUT2D eigenvalue weighted by Crippen LogP contribution is -2.38. The highest BCUT2D eigenvalue weighted by Crippen LogP contribution is 2.42. The SMILES string of the molecule is Fc1cc(F)c2c(F)c(F)c(F)c(F)c2c1OB(Oc1c(F)cc(F)c2c(F)c(F)c(F)c(F)c12)Oc1c(F)cc(F)c2c(F)c(F)c(F)c(F)c12.c1cc[nH]c1. The van der Waals surface area contributed by atoms with Crippen molar-refractivity contribution in [2.24, 2.45) is 0 Å². The lowest BCUT2D eigenvalue weighted by molar-refractivity contribution is 0.290. The van der Waals surface area contributed by atoms with Gasteiger partial charge >= 0.3 is 7.32 Å². The summed E-state index contributed by atoms with van der Waals surface area (Å²) in [4.78, 5) is 2.86. The number of rotatable bonds is 6. The van der Waals surface area contributed by atoms with Crippen LogP contribution >= 0.6 is 0 Å². The minimum absolute atomic E-state index is 0.434. The van der Waals surface area contributed by atoms with Crippen molar-refractivity contribution in [2.45, 2.75) is 0 Å². The smallest absolute Gasteiger partial charge is 0.486 e. The van der Waals surface area contributed by atoms with Crippen molar-refractivity contribution in [3.8, 4) is 17.2 Å². The molecule has 6 aromatic carbocycles. The lowest BCUT2D eigenvalue weighted by atomic mass is 10.0. The van der Waals surface area contributed by atoms with Crippen molar-refractivity contribution in [2.75, 3.05) is 0 Å². The molecule has 0 amide bonds. The molecule has 0 bridgehead atoms. The second-order valence-electron chi connectivity index (χ2n) is 11.1. The average molecular weight is 831 g/mol. The van der Waals surface area contributed by atoms with Crippen LogP contribution in [0.15, 0.2) is 42.7 Å². The highest BCUT2D eigenvalue weighted by molar-refractivity contribution is 6.40. The molecule has 7 aromatic rings. The quantitative estimate of drug-likeness (QED) is 0.0786. The van der Waals surface area contributed by atoms with E-state index in [0.717, 1.165) is 0 Å². The Balaban J connectivity index is 0.00000102. The fraction of sp³-hybridized carbons (Fsp3) is 0. The summed E-state index contributed by atoms with van der Waals surface area (Å²) in [5.41, 5.74) is 0. The molecule has 0 saturated carbocycles. The standard InChI is InChI=1S/C30H3BF18O3.C4H5N/c32-4-1-7(35)28(13-10(4)16(38)22(44)25(47)19(13)41)50-31(51-29-8(36)2-5(33)11-14(29)20(42)26(48)23(45)17(11)39)52-30-9(37)3-6(34)12-15(30)21(43)27(49)24(46)18(12)40;1-2-4-5-3-1/h1-3H;1-5H. The van der Waals surface area contributed by atoms with Gasteiger partial charge in [0.25, 0.3) is 0 Å². The highest BCUT2D eigenvalue weighted by Gasteiger charge is 2.41. The molecule has 0 fully saturated rings. The van der Waals surface area contributed by atoms with Crippen LogP contribution in [0, 0.1) is 105 Å². The van der Waals surface area contributed by atoms with Gasteiger partial charge in [-0.05, 0) is 12.1 Å². The Morgan fingerprint density at radius 1 is 0.298 bits per heavy atom. The molecule has 57 heavy (non-hydrogen) atoms. The second-order valence-corrected chi connectivity index (χ2v) is 11.1. The van der Waals surface area contributed by atoms with Gasteiger partial charge in [-0.2, -0.15) is 0 Å². The van der Waals surface area contributed by atoms with Crippen molar-refractivity contribution < 1.29 is 93.0 Å². The van der Waals surface area contributed by atoms with Gasteiger partial charge in [0.15, 0.2) is 105 Å². The third-order valence-corrected chi connectivity index (χ3v) is 7.75. The van der Waals surface area contributed by atoms with E-state index in [0.29, 0.717) is 0 Å². The van der Waals surface area contributed by atoms with Crippen LogP contribution in [0.2, 0.25) is 0 Å². The number of benzene rings is 6. The van der Waals surface area contributed by atoms with E-state index >= 15 is 13.2 Å². The van der Waals surface area contributed by atoms with E-state index in [4.69, 9.17) is 14.0 Å². The summed E-state index contributed by atoms with van der Waals surface area (Å²) < 4.78 is 276. The molecule has 1 aromatic heterocycles. The summed E-state index contributed by atoms with van der Waals surface area (Å²) >= 11 is 0. The Hall–Kier alpha value is -6.42. The van der Waals surface area contributed by atoms with Crippen molar-refractivity contribution >= 4 is 39.6 Å². The zero-order chi connectivity index (χ0) is 41.9. The predicted octanol–water partition coefficient (Wildman–Crippen LogP) is 11.2. The summed E-state index contributed by atoms with van der Waals surface area (Å²) in [5.74, 6) is -52.2. The monoisotopic (exact) mass is 831 g/mol. The van der Waals surface area contributed by atoms with Crippen molar-refractivity contribution in [3.63, 3.8) is 0 Å². The van der Waals surface area contributed by atoms with Gasteiger partial charge in [-0.25, -0.2) is 79.0 Å². The zero-order valence-corrected chi connectivity index (χ0v) is 26.6. The van der Waals surface area contributed by atoms with Gasteiger partial charge in [-0.3, -0.25) is 0 Å². The number of hydrogen-bond donors (Lipinski definition) is 1. The van der Waals surface area contributed by atoms with E-state index in [1.54, 1.807) is 0 Å². The fourth-order valence-electron chi connectivity index (χ4n) is 5.30. The van der Waals surface area contributed by atoms with Crippen LogP contribution in [-0.2, 0) is 0 Å². The number of hydrogen-bond acceptors (Lipinski definition) is 3. The molecule has 23 heteroatoms. The van der Waals surface area contributed by atoms with E-state index in [1.165, 1.54) is 0 Å². The molecule has 1 heterocycles. The molecule has 0 aliphatic heterocycles. The highest BCUT2D eigenvalue weighted by atomic mass is 19.2. The average Bonchev–Trinajstić information content (AvgIpc) is 3.76. The molecule has 0 atom stereocenters. The van der Waals surface area contributed by atoms with Gasteiger partial charge in [0.2, 0.25) is 0 Å². The summed E-state index contributed by atoms with van der Waals surface area (Å²) in [7, 11) is -3.68. The van der Waals surface area contributed by atoms with Crippen molar-refractivity contribution in [1.29, 1.82) is 0 Å². The van der Waals surface area contributed by atoms with Gasteiger partial charge in [-0.15, -0.1) is 0 Å². The largest absolute Gasteiger partial charge is 0.864 e. The molecular formula is C34H8BF18NO3. The molecule has 0 saturated heterocycles. The van der Waals surface area contributed by atoms with Gasteiger partial charge in [0.1, 0.15) is 17.5 Å². The van der Waals surface area contributed by atoms with E-state index < -0.39 is 180 Å². The molecule has 1 N–H and O–H groups in total. The zero-order valence-electron chi connectivity index (χ0n) is 26.6. The summed E-state index contributed by atoms with van der Waals surface area (Å²) in [5, 5.41) is -12.1. The van der Waals surface area contributed by atoms with Gasteiger partial charge in [-0.1, -0.05) is 0 Å². The Bertz CT molecular complexity index is 2490. The van der Waals surface area contributed by atoms with Gasteiger partial charge < -0.3 is 18.9 Å². The number of aromatic nitrogens is 1. The summed E-state index contributed by atoms with van der Waals surface area (Å²) in [6.07, 6.45) is 3.75. The molecule has 0 spiro atoms. The third kappa shape index (κ3) is 6.58. The second kappa shape index (κ2) is 14.9. The number of aromatic amines is 1. The Morgan fingerprint density at radius 2 is 0.526 bits per heavy atom. The van der Waals surface area contributed by atoms with E-state index in [1.807, 2.05) is 24.5 Å². The van der Waals surface area contributed by atoms with Crippen molar-refractivity contribution in [3.05, 3.63) is 147 Å². The third-order valence-electron chi connectivity index (χ3n) is 7.75. The first-order valence-corrected chi connectivity index (χ1v) is 14.8. The molecule has 0 radical (unpaired) electrons. The van der Waals surface area contributed by atoms with Crippen LogP contribution in [0.4, 0.5) is 79.0 Å². The van der Waals surface area contributed by atoms with Crippen LogP contribution < -0.4 is 14.0 Å². The summed E-state index contributed by atoms with van der Waals surface area (Å²) in [6, 6.07) is 2.59. The van der Waals surface area contributed by atoms with E-state index in [9.17, 15) is 65.9 Å². The maximum atomic E-state index is 15.1. The molecule has 4 nitrogen and oxygen atoms in total. The van der Waals surface area contributed by atoms with Gasteiger partial charge in [0, 0.05) is 30.6 Å². The van der Waals surface area contributed by atoms with Crippen LogP contribution in [0.1, 0.15) is 0 Å². The maximum Gasteiger partial charge on any atom is 0.864 e. The molecule has 7 rings (SSSR count). The van der Waals surface area contributed by atoms with Gasteiger partial charge in [0.05, 0.1) is 32.3 Å². The minimum Gasteiger partial charge on any atom is -0.486 e. The van der Waals surface area contributed by atoms with Crippen molar-refractivity contribution in [1.82, 2.24) is 4.98 Å². The van der Waals surface area contributed by atoms with E-state index in [-0.39, 0.29) is 0 Å². The maximum absolute atomic E-state index is 15.1. The van der Waals surface area contributed by atoms with Crippen LogP contribution in [0.3, 0.4) is 0 Å². The lowest BCUT2D eigenvalue weighted by Gasteiger charge is -2.21. The first kappa shape index (κ1) is 40.3. The summed E-state index contributed by atoms with van der Waals surface area (Å²) in [6.45, 7) is 0. The molecular weight excluding hydrogens is 823 g/mol. The van der Waals surface area contributed by atoms with Crippen LogP contribution in [-0.4, -0.2) is 12.3 Å². The number of fused-ring (bicyclic) bond motifs is 3. The molecule has 0 aliphatic rings.